The Hall–Kier alpha value is -1.80. The molecule has 1 fully saturated rings. The van der Waals surface area contributed by atoms with Crippen LogP contribution in [0.2, 0.25) is 0 Å². The second-order valence-electron chi connectivity index (χ2n) is 5.68. The van der Waals surface area contributed by atoms with Crippen LogP contribution in [-0.4, -0.2) is 57.7 Å². The van der Waals surface area contributed by atoms with Gasteiger partial charge in [0.05, 0.1) is 13.4 Å². The minimum absolute atomic E-state index is 0.145. The molecule has 8 heteroatoms. The molecule has 0 unspecified atom stereocenters. The van der Waals surface area contributed by atoms with Crippen LogP contribution in [-0.2, 0) is 14.8 Å². The molecule has 1 amide bonds. The summed E-state index contributed by atoms with van der Waals surface area (Å²) >= 11 is 0. The molecule has 1 aliphatic heterocycles. The summed E-state index contributed by atoms with van der Waals surface area (Å²) in [6, 6.07) is 7.33. The van der Waals surface area contributed by atoms with Gasteiger partial charge in [-0.3, -0.25) is 4.79 Å². The lowest BCUT2D eigenvalue weighted by atomic mass is 9.87. The van der Waals surface area contributed by atoms with E-state index in [4.69, 9.17) is 4.74 Å². The Kier molecular flexibility index (Phi) is 5.16. The summed E-state index contributed by atoms with van der Waals surface area (Å²) in [5, 5.41) is 5.96. The lowest BCUT2D eigenvalue weighted by Crippen LogP contribution is -2.58. The summed E-state index contributed by atoms with van der Waals surface area (Å²) in [7, 11) is -0.0730. The van der Waals surface area contributed by atoms with Crippen molar-refractivity contribution in [3.05, 3.63) is 24.3 Å². The van der Waals surface area contributed by atoms with Crippen LogP contribution in [0.5, 0.6) is 5.75 Å². The molecular formula is C15H23N3O4S. The van der Waals surface area contributed by atoms with Gasteiger partial charge in [-0.1, -0.05) is 6.07 Å². The summed E-state index contributed by atoms with van der Waals surface area (Å²) in [4.78, 5) is 12.4. The van der Waals surface area contributed by atoms with Crippen LogP contribution >= 0.6 is 0 Å². The normalized spacial score (nSPS) is 18.2. The summed E-state index contributed by atoms with van der Waals surface area (Å²) in [6.45, 7) is 0.618. The highest BCUT2D eigenvalue weighted by molar-refractivity contribution is 7.88. The Bertz CT molecular complexity index is 667. The SMILES string of the molecule is CNC(=O)C1(Nc2cccc(OC)c2)CCN(S(C)(=O)=O)CC1. The Morgan fingerprint density at radius 2 is 1.96 bits per heavy atom. The number of nitrogens with zero attached hydrogens (tertiary/aromatic N) is 1. The van der Waals surface area contributed by atoms with E-state index in [9.17, 15) is 13.2 Å². The van der Waals surface area contributed by atoms with Crippen LogP contribution in [0.3, 0.4) is 0 Å². The van der Waals surface area contributed by atoms with Gasteiger partial charge in [0.25, 0.3) is 0 Å². The molecule has 0 saturated carbocycles. The first-order chi connectivity index (χ1) is 10.8. The molecule has 1 heterocycles. The second-order valence-corrected chi connectivity index (χ2v) is 7.66. The highest BCUT2D eigenvalue weighted by Crippen LogP contribution is 2.29. The standard InChI is InChI=1S/C15H23N3O4S/c1-16-14(19)15(7-9-18(10-8-15)23(3,20)21)17-12-5-4-6-13(11-12)22-2/h4-6,11,17H,7-10H2,1-3H3,(H,16,19). The molecule has 23 heavy (non-hydrogen) atoms. The van der Waals surface area contributed by atoms with E-state index >= 15 is 0 Å². The molecule has 7 nitrogen and oxygen atoms in total. The number of carbonyl (C=O) groups is 1. The Balaban J connectivity index is 2.23. The number of hydrogen-bond acceptors (Lipinski definition) is 5. The first kappa shape index (κ1) is 17.6. The van der Waals surface area contributed by atoms with Crippen molar-refractivity contribution in [1.29, 1.82) is 0 Å². The zero-order chi connectivity index (χ0) is 17.1. The average Bonchev–Trinajstić information content (AvgIpc) is 2.53. The van der Waals surface area contributed by atoms with Gasteiger partial charge in [-0.25, -0.2) is 12.7 Å². The van der Waals surface area contributed by atoms with Crippen molar-refractivity contribution < 1.29 is 17.9 Å². The van der Waals surface area contributed by atoms with Gasteiger partial charge in [0, 0.05) is 31.9 Å². The molecule has 2 N–H and O–H groups in total. The molecule has 2 rings (SSSR count). The third kappa shape index (κ3) is 3.94. The van der Waals surface area contributed by atoms with Gasteiger partial charge < -0.3 is 15.4 Å². The monoisotopic (exact) mass is 341 g/mol. The minimum Gasteiger partial charge on any atom is -0.497 e. The highest BCUT2D eigenvalue weighted by Gasteiger charge is 2.42. The van der Waals surface area contributed by atoms with Gasteiger partial charge >= 0.3 is 0 Å². The maximum atomic E-state index is 12.4. The van der Waals surface area contributed by atoms with Gasteiger partial charge in [0.15, 0.2) is 0 Å². The van der Waals surface area contributed by atoms with E-state index in [1.807, 2.05) is 24.3 Å². The zero-order valence-electron chi connectivity index (χ0n) is 13.6. The number of benzene rings is 1. The fraction of sp³-hybridized carbons (Fsp3) is 0.533. The van der Waals surface area contributed by atoms with Crippen LogP contribution in [0, 0.1) is 0 Å². The maximum Gasteiger partial charge on any atom is 0.245 e. The van der Waals surface area contributed by atoms with Gasteiger partial charge in [-0.05, 0) is 25.0 Å². The largest absolute Gasteiger partial charge is 0.497 e. The summed E-state index contributed by atoms with van der Waals surface area (Å²) in [6.07, 6.45) is 1.99. The van der Waals surface area contributed by atoms with Gasteiger partial charge in [-0.15, -0.1) is 0 Å². The van der Waals surface area contributed by atoms with Crippen LogP contribution in [0.4, 0.5) is 5.69 Å². The predicted molar refractivity (Wildman–Crippen MR) is 89.1 cm³/mol. The van der Waals surface area contributed by atoms with E-state index in [2.05, 4.69) is 10.6 Å². The average molecular weight is 341 g/mol. The molecule has 0 spiro atoms. The molecule has 1 aromatic carbocycles. The number of rotatable bonds is 5. The molecule has 1 aromatic rings. The lowest BCUT2D eigenvalue weighted by molar-refractivity contribution is -0.126. The van der Waals surface area contributed by atoms with Crippen LogP contribution in [0.15, 0.2) is 24.3 Å². The van der Waals surface area contributed by atoms with Crippen molar-refractivity contribution >= 4 is 21.6 Å². The Morgan fingerprint density at radius 1 is 1.30 bits per heavy atom. The molecule has 0 radical (unpaired) electrons. The van der Waals surface area contributed by atoms with Crippen molar-refractivity contribution in [3.63, 3.8) is 0 Å². The Labute approximate surface area is 137 Å². The molecule has 128 valence electrons. The lowest BCUT2D eigenvalue weighted by Gasteiger charge is -2.40. The molecule has 1 aliphatic rings. The van der Waals surface area contributed by atoms with Crippen LogP contribution in [0.25, 0.3) is 0 Å². The zero-order valence-corrected chi connectivity index (χ0v) is 14.4. The smallest absolute Gasteiger partial charge is 0.245 e. The Morgan fingerprint density at radius 3 is 2.48 bits per heavy atom. The molecule has 0 aliphatic carbocycles. The number of carbonyl (C=O) groups excluding carboxylic acids is 1. The fourth-order valence-electron chi connectivity index (χ4n) is 2.82. The number of hydrogen-bond donors (Lipinski definition) is 2. The number of methoxy groups -OCH3 is 1. The first-order valence-electron chi connectivity index (χ1n) is 7.40. The van der Waals surface area contributed by atoms with Crippen LogP contribution < -0.4 is 15.4 Å². The van der Waals surface area contributed by atoms with Crippen molar-refractivity contribution in [2.75, 3.05) is 38.8 Å². The quantitative estimate of drug-likeness (QED) is 0.821. The summed E-state index contributed by atoms with van der Waals surface area (Å²) in [5.41, 5.74) is -0.0665. The first-order valence-corrected chi connectivity index (χ1v) is 9.25. The third-order valence-electron chi connectivity index (χ3n) is 4.16. The number of ether oxygens (including phenoxy) is 1. The van der Waals surface area contributed by atoms with Crippen molar-refractivity contribution in [2.24, 2.45) is 0 Å². The second kappa shape index (κ2) is 6.76. The number of sulfonamides is 1. The van der Waals surface area contributed by atoms with E-state index in [1.54, 1.807) is 14.2 Å². The third-order valence-corrected chi connectivity index (χ3v) is 5.46. The summed E-state index contributed by atoms with van der Waals surface area (Å²) < 4.78 is 29.9. The minimum atomic E-state index is -3.24. The van der Waals surface area contributed by atoms with Crippen molar-refractivity contribution in [2.45, 2.75) is 18.4 Å². The number of likely N-dealkylation sites (N-methyl/N-ethyl adjacent to an activating group) is 1. The maximum absolute atomic E-state index is 12.4. The topological polar surface area (TPSA) is 87.7 Å². The molecule has 1 saturated heterocycles. The fourth-order valence-corrected chi connectivity index (χ4v) is 3.67. The number of amides is 1. The molecule has 0 aromatic heterocycles. The van der Waals surface area contributed by atoms with Gasteiger partial charge in [-0.2, -0.15) is 0 Å². The van der Waals surface area contributed by atoms with Gasteiger partial charge in [0.2, 0.25) is 15.9 Å². The van der Waals surface area contributed by atoms with Gasteiger partial charge in [0.1, 0.15) is 11.3 Å². The van der Waals surface area contributed by atoms with Crippen molar-refractivity contribution in [1.82, 2.24) is 9.62 Å². The molecule has 0 bridgehead atoms. The summed E-state index contributed by atoms with van der Waals surface area (Å²) in [5.74, 6) is 0.545. The highest BCUT2D eigenvalue weighted by atomic mass is 32.2. The van der Waals surface area contributed by atoms with E-state index in [-0.39, 0.29) is 5.91 Å². The van der Waals surface area contributed by atoms with E-state index < -0.39 is 15.6 Å². The number of nitrogens with one attached hydrogen (secondary N) is 2. The number of anilines is 1. The molecular weight excluding hydrogens is 318 g/mol. The van der Waals surface area contributed by atoms with Crippen LogP contribution in [0.1, 0.15) is 12.8 Å². The van der Waals surface area contributed by atoms with Crippen molar-refractivity contribution in [3.8, 4) is 5.75 Å². The predicted octanol–water partition coefficient (Wildman–Crippen LogP) is 0.647. The van der Waals surface area contributed by atoms with E-state index in [0.717, 1.165) is 5.69 Å². The van der Waals surface area contributed by atoms with E-state index in [1.165, 1.54) is 10.6 Å². The molecule has 0 atom stereocenters. The number of piperidine rings is 1. The van der Waals surface area contributed by atoms with E-state index in [0.29, 0.717) is 31.7 Å².